The van der Waals surface area contributed by atoms with Crippen molar-refractivity contribution in [3.63, 3.8) is 0 Å². The SMILES string of the molecule is O=[N+]([O-])C(c1ccccc1)(N(Cc1ccccc1)S(=O)(=O)O)[N+](=O)[O-]. The van der Waals surface area contributed by atoms with Gasteiger partial charge in [-0.05, 0) is 22.0 Å². The van der Waals surface area contributed by atoms with Crippen molar-refractivity contribution >= 4 is 10.3 Å². The van der Waals surface area contributed by atoms with Gasteiger partial charge in [0.15, 0.2) is 0 Å². The highest BCUT2D eigenvalue weighted by molar-refractivity contribution is 7.83. The van der Waals surface area contributed by atoms with Gasteiger partial charge in [0.05, 0.1) is 6.54 Å². The van der Waals surface area contributed by atoms with E-state index >= 15 is 0 Å². The zero-order valence-corrected chi connectivity index (χ0v) is 13.4. The summed E-state index contributed by atoms with van der Waals surface area (Å²) in [4.78, 5) is 20.7. The van der Waals surface area contributed by atoms with Gasteiger partial charge in [0.1, 0.15) is 15.4 Å². The average molecular weight is 367 g/mol. The summed E-state index contributed by atoms with van der Waals surface area (Å²) in [6, 6.07) is 13.7. The van der Waals surface area contributed by atoms with Crippen molar-refractivity contribution in [3.8, 4) is 0 Å². The Hall–Kier alpha value is -2.89. The average Bonchev–Trinajstić information content (AvgIpc) is 2.55. The normalized spacial score (nSPS) is 12.1. The molecule has 0 aliphatic heterocycles. The van der Waals surface area contributed by atoms with Crippen LogP contribution < -0.4 is 0 Å². The molecular formula is C14H13N3O7S. The lowest BCUT2D eigenvalue weighted by Gasteiger charge is -2.26. The van der Waals surface area contributed by atoms with Crippen LogP contribution in [0.5, 0.6) is 0 Å². The van der Waals surface area contributed by atoms with E-state index in [4.69, 9.17) is 0 Å². The molecule has 0 aliphatic carbocycles. The second-order valence-electron chi connectivity index (χ2n) is 4.99. The molecule has 0 radical (unpaired) electrons. The van der Waals surface area contributed by atoms with Crippen LogP contribution in [0.4, 0.5) is 0 Å². The molecule has 0 aliphatic rings. The van der Waals surface area contributed by atoms with E-state index in [1.807, 2.05) is 0 Å². The Morgan fingerprint density at radius 3 is 1.76 bits per heavy atom. The molecule has 0 unspecified atom stereocenters. The maximum Gasteiger partial charge on any atom is 0.565 e. The minimum absolute atomic E-state index is 0.148. The topological polar surface area (TPSA) is 144 Å². The van der Waals surface area contributed by atoms with Gasteiger partial charge >= 0.3 is 16.1 Å². The largest absolute Gasteiger partial charge is 0.565 e. The third kappa shape index (κ3) is 3.47. The summed E-state index contributed by atoms with van der Waals surface area (Å²) in [6.45, 7) is -0.767. The van der Waals surface area contributed by atoms with Crippen molar-refractivity contribution in [2.45, 2.75) is 12.3 Å². The summed E-state index contributed by atoms with van der Waals surface area (Å²) >= 11 is 0. The number of benzene rings is 2. The summed E-state index contributed by atoms with van der Waals surface area (Å²) < 4.78 is 33.0. The van der Waals surface area contributed by atoms with E-state index in [0.717, 1.165) is 12.1 Å². The lowest BCUT2D eigenvalue weighted by molar-refractivity contribution is -0.834. The highest BCUT2D eigenvalue weighted by atomic mass is 32.2. The van der Waals surface area contributed by atoms with Crippen LogP contribution in [0.3, 0.4) is 0 Å². The lowest BCUT2D eigenvalue weighted by Crippen LogP contribution is -2.58. The van der Waals surface area contributed by atoms with Crippen LogP contribution in [-0.2, 0) is 22.6 Å². The van der Waals surface area contributed by atoms with Crippen LogP contribution in [0.1, 0.15) is 11.1 Å². The minimum Gasteiger partial charge on any atom is -0.273 e. The van der Waals surface area contributed by atoms with Gasteiger partial charge in [0.25, 0.3) is 0 Å². The van der Waals surface area contributed by atoms with Gasteiger partial charge in [0.2, 0.25) is 0 Å². The highest BCUT2D eigenvalue weighted by Gasteiger charge is 2.68. The Kier molecular flexibility index (Phi) is 5.11. The Morgan fingerprint density at radius 2 is 1.36 bits per heavy atom. The fourth-order valence-corrected chi connectivity index (χ4v) is 3.24. The second-order valence-corrected chi connectivity index (χ2v) is 6.32. The highest BCUT2D eigenvalue weighted by Crippen LogP contribution is 2.33. The quantitative estimate of drug-likeness (QED) is 0.339. The second kappa shape index (κ2) is 6.93. The molecule has 10 nitrogen and oxygen atoms in total. The Morgan fingerprint density at radius 1 is 0.920 bits per heavy atom. The fourth-order valence-electron chi connectivity index (χ4n) is 2.37. The van der Waals surface area contributed by atoms with Crippen LogP contribution in [0.15, 0.2) is 60.7 Å². The van der Waals surface area contributed by atoms with E-state index in [2.05, 4.69) is 0 Å². The van der Waals surface area contributed by atoms with Crippen molar-refractivity contribution in [2.75, 3.05) is 0 Å². The van der Waals surface area contributed by atoms with E-state index in [1.54, 1.807) is 6.07 Å². The summed E-state index contributed by atoms with van der Waals surface area (Å²) in [6.07, 6.45) is 0. The van der Waals surface area contributed by atoms with Crippen LogP contribution in [0.2, 0.25) is 0 Å². The third-order valence-electron chi connectivity index (χ3n) is 3.47. The molecule has 132 valence electrons. The standard InChI is InChI=1S/C14H13N3O7S/c18-16(19)14(17(20)21,13-9-5-2-6-10-13)15(25(22,23)24)11-12-7-3-1-4-8-12/h1-10H,11H2,(H,22,23,24). The number of rotatable bonds is 7. The van der Waals surface area contributed by atoms with Gasteiger partial charge in [-0.3, -0.25) is 24.8 Å². The van der Waals surface area contributed by atoms with Crippen molar-refractivity contribution in [1.82, 2.24) is 4.31 Å². The summed E-state index contributed by atoms with van der Waals surface area (Å²) in [5.41, 5.74) is -0.289. The molecule has 0 aromatic heterocycles. The van der Waals surface area contributed by atoms with E-state index in [9.17, 15) is 33.2 Å². The minimum atomic E-state index is -5.31. The van der Waals surface area contributed by atoms with E-state index in [0.29, 0.717) is 0 Å². The first-order valence-corrected chi connectivity index (χ1v) is 8.24. The van der Waals surface area contributed by atoms with Crippen molar-refractivity contribution in [2.24, 2.45) is 0 Å². The van der Waals surface area contributed by atoms with E-state index in [-0.39, 0.29) is 9.87 Å². The van der Waals surface area contributed by atoms with Crippen molar-refractivity contribution in [1.29, 1.82) is 0 Å². The fraction of sp³-hybridized carbons (Fsp3) is 0.143. The Labute approximate surface area is 142 Å². The number of hydrogen-bond donors (Lipinski definition) is 1. The molecule has 11 heteroatoms. The third-order valence-corrected chi connectivity index (χ3v) is 4.41. The number of nitrogens with zero attached hydrogens (tertiary/aromatic N) is 3. The molecule has 0 atom stereocenters. The Balaban J connectivity index is 2.74. The Bertz CT molecular complexity index is 858. The van der Waals surface area contributed by atoms with Gasteiger partial charge in [-0.25, -0.2) is 0 Å². The molecule has 0 spiro atoms. The van der Waals surface area contributed by atoms with Gasteiger partial charge < -0.3 is 0 Å². The summed E-state index contributed by atoms with van der Waals surface area (Å²) in [5.74, 6) is -3.41. The molecule has 0 saturated heterocycles. The monoisotopic (exact) mass is 367 g/mol. The maximum absolute atomic E-state index is 11.8. The molecule has 25 heavy (non-hydrogen) atoms. The molecule has 2 aromatic rings. The molecule has 0 bridgehead atoms. The van der Waals surface area contributed by atoms with E-state index in [1.165, 1.54) is 42.5 Å². The van der Waals surface area contributed by atoms with Gasteiger partial charge in [0, 0.05) is 0 Å². The summed E-state index contributed by atoms with van der Waals surface area (Å²) in [5, 5.41) is 23.4. The predicted molar refractivity (Wildman–Crippen MR) is 85.6 cm³/mol. The van der Waals surface area contributed by atoms with E-state index < -0.39 is 38.0 Å². The van der Waals surface area contributed by atoms with Gasteiger partial charge in [-0.15, -0.1) is 0 Å². The molecule has 1 N–H and O–H groups in total. The molecule has 0 heterocycles. The van der Waals surface area contributed by atoms with Crippen LogP contribution in [0.25, 0.3) is 0 Å². The molecule has 2 rings (SSSR count). The van der Waals surface area contributed by atoms with Crippen LogP contribution >= 0.6 is 0 Å². The summed E-state index contributed by atoms with van der Waals surface area (Å²) in [7, 11) is -5.31. The van der Waals surface area contributed by atoms with Crippen molar-refractivity contribution in [3.05, 3.63) is 92.0 Å². The first-order valence-electron chi connectivity index (χ1n) is 6.84. The smallest absolute Gasteiger partial charge is 0.273 e. The lowest BCUT2D eigenvalue weighted by atomic mass is 10.1. The maximum atomic E-state index is 11.8. The zero-order chi connectivity index (χ0) is 18.7. The number of hydrogen-bond acceptors (Lipinski definition) is 6. The molecule has 2 aromatic carbocycles. The predicted octanol–water partition coefficient (Wildman–Crippen LogP) is 1.66. The zero-order valence-electron chi connectivity index (χ0n) is 12.6. The van der Waals surface area contributed by atoms with Crippen LogP contribution in [0, 0.1) is 20.2 Å². The van der Waals surface area contributed by atoms with Gasteiger partial charge in [-0.2, -0.15) is 8.42 Å². The first kappa shape index (κ1) is 18.4. The number of nitro groups is 2. The molecule has 0 amide bonds. The molecule has 0 fully saturated rings. The molecular weight excluding hydrogens is 354 g/mol. The van der Waals surface area contributed by atoms with Crippen molar-refractivity contribution < 1.29 is 22.8 Å². The first-order chi connectivity index (χ1) is 11.7. The van der Waals surface area contributed by atoms with Gasteiger partial charge in [-0.1, -0.05) is 48.5 Å². The van der Waals surface area contributed by atoms with Crippen LogP contribution in [-0.4, -0.2) is 27.1 Å². The molecule has 0 saturated carbocycles.